The van der Waals surface area contributed by atoms with Crippen molar-refractivity contribution in [2.24, 2.45) is 5.92 Å². The molecule has 3 aliphatic heterocycles. The summed E-state index contributed by atoms with van der Waals surface area (Å²) in [6.45, 7) is 4.73. The molecule has 164 valence electrons. The fraction of sp³-hybridized carbons (Fsp3) is 0.360. The predicted octanol–water partition coefficient (Wildman–Crippen LogP) is 2.58. The van der Waals surface area contributed by atoms with Crippen LogP contribution < -0.4 is 4.90 Å². The van der Waals surface area contributed by atoms with Crippen LogP contribution in [0, 0.1) is 17.2 Å². The molecule has 1 N–H and O–H groups in total. The molecule has 5 rings (SSSR count). The first kappa shape index (κ1) is 20.6. The second-order valence-corrected chi connectivity index (χ2v) is 8.54. The largest absolute Gasteiger partial charge is 0.491 e. The number of anilines is 1. The van der Waals surface area contributed by atoms with E-state index in [9.17, 15) is 5.11 Å². The standard InChI is InChI=1S/C25H26N4O3/c26-10-18-5-6-25(27-11-18)29-12-19(13-29)16-32-24-17-31-22(9-23(24)30)15-28-8-7-20-3-1-2-4-21(20)14-28/h1-6,9,11,17,19,23,30H,7-8,12-16H2. The highest BCUT2D eigenvalue weighted by atomic mass is 16.5. The van der Waals surface area contributed by atoms with E-state index in [-0.39, 0.29) is 0 Å². The van der Waals surface area contributed by atoms with Crippen LogP contribution in [0.25, 0.3) is 0 Å². The molecule has 3 aliphatic rings. The van der Waals surface area contributed by atoms with E-state index < -0.39 is 6.10 Å². The highest BCUT2D eigenvalue weighted by Gasteiger charge is 2.30. The summed E-state index contributed by atoms with van der Waals surface area (Å²) in [6.07, 6.45) is 5.12. The number of aliphatic hydroxyl groups excluding tert-OH is 1. The maximum Gasteiger partial charge on any atom is 0.163 e. The number of benzene rings is 1. The van der Waals surface area contributed by atoms with Crippen molar-refractivity contribution in [3.05, 3.63) is 83.1 Å². The smallest absolute Gasteiger partial charge is 0.163 e. The molecule has 1 atom stereocenters. The molecule has 1 saturated heterocycles. The second-order valence-electron chi connectivity index (χ2n) is 8.54. The molecule has 7 heteroatoms. The van der Waals surface area contributed by atoms with Gasteiger partial charge >= 0.3 is 0 Å². The first-order valence-electron chi connectivity index (χ1n) is 11.0. The Kier molecular flexibility index (Phi) is 5.80. The molecule has 0 amide bonds. The summed E-state index contributed by atoms with van der Waals surface area (Å²) in [5.74, 6) is 2.44. The van der Waals surface area contributed by atoms with Crippen LogP contribution in [-0.2, 0) is 22.4 Å². The van der Waals surface area contributed by atoms with Gasteiger partial charge in [-0.05, 0) is 35.8 Å². The van der Waals surface area contributed by atoms with Crippen molar-refractivity contribution in [1.29, 1.82) is 5.26 Å². The van der Waals surface area contributed by atoms with Crippen molar-refractivity contribution >= 4 is 5.82 Å². The van der Waals surface area contributed by atoms with Gasteiger partial charge in [0.15, 0.2) is 5.76 Å². The molecule has 1 fully saturated rings. The quantitative estimate of drug-likeness (QED) is 0.754. The number of hydrogen-bond acceptors (Lipinski definition) is 7. The highest BCUT2D eigenvalue weighted by Crippen LogP contribution is 2.26. The maximum absolute atomic E-state index is 10.5. The zero-order chi connectivity index (χ0) is 21.9. The summed E-state index contributed by atoms with van der Waals surface area (Å²) < 4.78 is 11.6. The van der Waals surface area contributed by atoms with Gasteiger partial charge in [0.2, 0.25) is 0 Å². The summed E-state index contributed by atoms with van der Waals surface area (Å²) in [4.78, 5) is 8.80. The van der Waals surface area contributed by atoms with Crippen LogP contribution in [0.5, 0.6) is 0 Å². The molecular formula is C25H26N4O3. The van der Waals surface area contributed by atoms with E-state index in [4.69, 9.17) is 14.7 Å². The molecule has 1 aromatic carbocycles. The lowest BCUT2D eigenvalue weighted by atomic mass is 10.00. The van der Waals surface area contributed by atoms with E-state index >= 15 is 0 Å². The number of nitriles is 1. The van der Waals surface area contributed by atoms with Crippen molar-refractivity contribution in [2.75, 3.05) is 37.7 Å². The van der Waals surface area contributed by atoms with Crippen molar-refractivity contribution in [2.45, 2.75) is 19.1 Å². The summed E-state index contributed by atoms with van der Waals surface area (Å²) in [6, 6.07) is 14.3. The van der Waals surface area contributed by atoms with Gasteiger partial charge in [0, 0.05) is 38.3 Å². The van der Waals surface area contributed by atoms with Crippen LogP contribution in [0.3, 0.4) is 0 Å². The molecule has 7 nitrogen and oxygen atoms in total. The van der Waals surface area contributed by atoms with E-state index in [1.165, 1.54) is 17.4 Å². The van der Waals surface area contributed by atoms with Gasteiger partial charge in [0.1, 0.15) is 30.0 Å². The summed E-state index contributed by atoms with van der Waals surface area (Å²) in [5, 5.41) is 19.4. The van der Waals surface area contributed by atoms with Gasteiger partial charge in [-0.3, -0.25) is 4.90 Å². The van der Waals surface area contributed by atoms with Crippen molar-refractivity contribution in [1.82, 2.24) is 9.88 Å². The van der Waals surface area contributed by atoms with Gasteiger partial charge in [0.25, 0.3) is 0 Å². The lowest BCUT2D eigenvalue weighted by molar-refractivity contribution is 0.0752. The van der Waals surface area contributed by atoms with Crippen LogP contribution in [0.2, 0.25) is 0 Å². The molecule has 1 aromatic heterocycles. The van der Waals surface area contributed by atoms with E-state index in [1.807, 2.05) is 6.07 Å². The van der Waals surface area contributed by atoms with Gasteiger partial charge in [-0.15, -0.1) is 0 Å². The first-order chi connectivity index (χ1) is 15.7. The highest BCUT2D eigenvalue weighted by molar-refractivity contribution is 5.44. The number of nitrogens with zero attached hydrogens (tertiary/aromatic N) is 4. The SMILES string of the molecule is N#Cc1ccc(N2CC(COC3=COC(CN4CCc5ccccc5C4)=CC3O)C2)nc1. The topological polar surface area (TPSA) is 81.9 Å². The van der Waals surface area contributed by atoms with Crippen molar-refractivity contribution in [3.63, 3.8) is 0 Å². The Hall–Kier alpha value is -3.34. The molecule has 4 heterocycles. The molecule has 1 unspecified atom stereocenters. The number of aromatic nitrogens is 1. The van der Waals surface area contributed by atoms with Crippen LogP contribution in [-0.4, -0.2) is 53.9 Å². The number of ether oxygens (including phenoxy) is 2. The Morgan fingerprint density at radius 3 is 2.78 bits per heavy atom. The fourth-order valence-electron chi connectivity index (χ4n) is 4.34. The van der Waals surface area contributed by atoms with Gasteiger partial charge in [0.05, 0.1) is 18.7 Å². The van der Waals surface area contributed by atoms with Crippen LogP contribution in [0.1, 0.15) is 16.7 Å². The van der Waals surface area contributed by atoms with E-state index in [2.05, 4.69) is 45.1 Å². The number of rotatable bonds is 6. The maximum atomic E-state index is 10.5. The third-order valence-corrected chi connectivity index (χ3v) is 6.19. The van der Waals surface area contributed by atoms with Gasteiger partial charge in [-0.1, -0.05) is 24.3 Å². The summed E-state index contributed by atoms with van der Waals surface area (Å²) in [5.41, 5.74) is 3.34. The minimum atomic E-state index is -0.785. The summed E-state index contributed by atoms with van der Waals surface area (Å²) >= 11 is 0. The fourth-order valence-corrected chi connectivity index (χ4v) is 4.34. The van der Waals surface area contributed by atoms with E-state index in [1.54, 1.807) is 18.3 Å². The Bertz CT molecular complexity index is 1070. The monoisotopic (exact) mass is 430 g/mol. The van der Waals surface area contributed by atoms with Gasteiger partial charge < -0.3 is 19.5 Å². The molecule has 0 aliphatic carbocycles. The van der Waals surface area contributed by atoms with Crippen LogP contribution in [0.4, 0.5) is 5.82 Å². The molecule has 0 radical (unpaired) electrons. The molecule has 0 saturated carbocycles. The summed E-state index contributed by atoms with van der Waals surface area (Å²) in [7, 11) is 0. The second kappa shape index (κ2) is 9.03. The predicted molar refractivity (Wildman–Crippen MR) is 119 cm³/mol. The number of hydrogen-bond donors (Lipinski definition) is 1. The normalized spacial score (nSPS) is 20.9. The average molecular weight is 431 g/mol. The third kappa shape index (κ3) is 4.47. The molecule has 0 bridgehead atoms. The minimum absolute atomic E-state index is 0.360. The number of pyridine rings is 1. The lowest BCUT2D eigenvalue weighted by Gasteiger charge is -2.40. The molecule has 32 heavy (non-hydrogen) atoms. The molecule has 2 aromatic rings. The van der Waals surface area contributed by atoms with Gasteiger partial charge in [-0.2, -0.15) is 5.26 Å². The third-order valence-electron chi connectivity index (χ3n) is 6.19. The number of fused-ring (bicyclic) bond motifs is 1. The molecule has 0 spiro atoms. The Morgan fingerprint density at radius 1 is 1.19 bits per heavy atom. The zero-order valence-corrected chi connectivity index (χ0v) is 17.9. The van der Waals surface area contributed by atoms with Crippen LogP contribution in [0.15, 0.2) is 66.5 Å². The van der Waals surface area contributed by atoms with E-state index in [0.717, 1.165) is 44.2 Å². The first-order valence-corrected chi connectivity index (χ1v) is 11.0. The Labute approximate surface area is 187 Å². The van der Waals surface area contributed by atoms with Crippen molar-refractivity contribution in [3.8, 4) is 6.07 Å². The average Bonchev–Trinajstić information content (AvgIpc) is 2.79. The minimum Gasteiger partial charge on any atom is -0.491 e. The van der Waals surface area contributed by atoms with Crippen molar-refractivity contribution < 1.29 is 14.6 Å². The Balaban J connectivity index is 1.06. The molecular weight excluding hydrogens is 404 g/mol. The zero-order valence-electron chi connectivity index (χ0n) is 17.9. The Morgan fingerprint density at radius 2 is 2.03 bits per heavy atom. The van der Waals surface area contributed by atoms with E-state index in [0.29, 0.717) is 30.4 Å². The lowest BCUT2D eigenvalue weighted by Crippen LogP contribution is -2.49. The van der Waals surface area contributed by atoms with Crippen LogP contribution >= 0.6 is 0 Å². The van der Waals surface area contributed by atoms with Gasteiger partial charge in [-0.25, -0.2) is 4.98 Å². The number of aliphatic hydroxyl groups is 1.